The second-order valence-corrected chi connectivity index (χ2v) is 8.08. The molecule has 1 aliphatic rings. The summed E-state index contributed by atoms with van der Waals surface area (Å²) >= 11 is 0. The van der Waals surface area contributed by atoms with Gasteiger partial charge >= 0.3 is 0 Å². The smallest absolute Gasteiger partial charge is 0.211 e. The van der Waals surface area contributed by atoms with Gasteiger partial charge in [-0.3, -0.25) is 4.99 Å². The number of nitrogens with zero attached hydrogens (tertiary/aromatic N) is 3. The molecule has 0 spiro atoms. The number of nitrogens with one attached hydrogen (secondary N) is 2. The van der Waals surface area contributed by atoms with Crippen LogP contribution in [0, 0.1) is 5.82 Å². The number of aliphatic imine (C=N–C) groups is 1. The molecule has 26 heavy (non-hydrogen) atoms. The van der Waals surface area contributed by atoms with E-state index in [-0.39, 0.29) is 11.6 Å². The lowest BCUT2D eigenvalue weighted by molar-refractivity contribution is 0.372. The average molecular weight is 386 g/mol. The first-order valence-corrected chi connectivity index (χ1v) is 10.6. The highest BCUT2D eigenvalue weighted by Crippen LogP contribution is 2.16. The van der Waals surface area contributed by atoms with Gasteiger partial charge in [-0.05, 0) is 38.1 Å². The van der Waals surface area contributed by atoms with Gasteiger partial charge < -0.3 is 15.1 Å². The van der Waals surface area contributed by atoms with Crippen molar-refractivity contribution in [1.29, 1.82) is 0 Å². The van der Waals surface area contributed by atoms with Crippen molar-refractivity contribution in [1.82, 2.24) is 14.9 Å². The molecular formula is C17H28FN5O2S. The van der Waals surface area contributed by atoms with E-state index in [0.717, 1.165) is 44.4 Å². The molecule has 0 bridgehead atoms. The Morgan fingerprint density at radius 2 is 1.81 bits per heavy atom. The molecular weight excluding hydrogens is 357 g/mol. The third kappa shape index (κ3) is 6.14. The quantitative estimate of drug-likeness (QED) is 0.413. The third-order valence-corrected chi connectivity index (χ3v) is 5.59. The summed E-state index contributed by atoms with van der Waals surface area (Å²) in [4.78, 5) is 8.90. The molecule has 1 aliphatic heterocycles. The molecule has 9 heteroatoms. The van der Waals surface area contributed by atoms with Crippen LogP contribution in [-0.2, 0) is 10.0 Å². The Morgan fingerprint density at radius 3 is 2.38 bits per heavy atom. The summed E-state index contributed by atoms with van der Waals surface area (Å²) in [5.74, 6) is 0.636. The molecule has 0 saturated carbocycles. The second kappa shape index (κ2) is 9.72. The Labute approximate surface area is 155 Å². The van der Waals surface area contributed by atoms with Crippen molar-refractivity contribution in [2.75, 3.05) is 56.5 Å². The van der Waals surface area contributed by atoms with Gasteiger partial charge in [-0.1, -0.05) is 0 Å². The zero-order chi connectivity index (χ0) is 19.0. The lowest BCUT2D eigenvalue weighted by Gasteiger charge is -2.37. The molecule has 0 unspecified atom stereocenters. The number of rotatable bonds is 7. The Kier molecular flexibility index (Phi) is 7.65. The van der Waals surface area contributed by atoms with E-state index in [0.29, 0.717) is 13.1 Å². The van der Waals surface area contributed by atoms with E-state index in [1.54, 1.807) is 19.1 Å². The van der Waals surface area contributed by atoms with Crippen molar-refractivity contribution in [2.24, 2.45) is 4.99 Å². The minimum Gasteiger partial charge on any atom is -0.368 e. The zero-order valence-electron chi connectivity index (χ0n) is 15.4. The van der Waals surface area contributed by atoms with E-state index in [2.05, 4.69) is 24.8 Å². The Hall–Kier alpha value is -1.87. The van der Waals surface area contributed by atoms with Crippen molar-refractivity contribution in [2.45, 2.75) is 13.8 Å². The number of piperazine rings is 1. The number of sulfonamides is 1. The van der Waals surface area contributed by atoms with Crippen LogP contribution in [0.25, 0.3) is 0 Å². The van der Waals surface area contributed by atoms with E-state index in [1.165, 1.54) is 12.1 Å². The summed E-state index contributed by atoms with van der Waals surface area (Å²) in [5.41, 5.74) is 1.02. The maximum Gasteiger partial charge on any atom is 0.211 e. The maximum atomic E-state index is 13.1. The Bertz CT molecular complexity index is 686. The van der Waals surface area contributed by atoms with Crippen LogP contribution in [0.2, 0.25) is 0 Å². The van der Waals surface area contributed by atoms with E-state index in [1.807, 2.05) is 6.92 Å². The van der Waals surface area contributed by atoms with E-state index >= 15 is 0 Å². The van der Waals surface area contributed by atoms with Gasteiger partial charge in [-0.15, -0.1) is 0 Å². The van der Waals surface area contributed by atoms with Crippen LogP contribution in [0.1, 0.15) is 13.8 Å². The largest absolute Gasteiger partial charge is 0.368 e. The van der Waals surface area contributed by atoms with Gasteiger partial charge in [-0.25, -0.2) is 17.5 Å². The monoisotopic (exact) mass is 385 g/mol. The molecule has 2 rings (SSSR count). The number of hydrogen-bond acceptors (Lipinski definition) is 4. The first-order chi connectivity index (χ1) is 12.4. The van der Waals surface area contributed by atoms with Crippen molar-refractivity contribution in [3.05, 3.63) is 30.1 Å². The van der Waals surface area contributed by atoms with Crippen LogP contribution in [-0.4, -0.2) is 70.8 Å². The van der Waals surface area contributed by atoms with Gasteiger partial charge in [0.2, 0.25) is 10.0 Å². The highest BCUT2D eigenvalue weighted by Gasteiger charge is 2.19. The molecule has 1 saturated heterocycles. The molecule has 2 N–H and O–H groups in total. The molecule has 1 fully saturated rings. The molecule has 0 aliphatic carbocycles. The van der Waals surface area contributed by atoms with Crippen LogP contribution in [0.5, 0.6) is 0 Å². The van der Waals surface area contributed by atoms with Gasteiger partial charge in [-0.2, -0.15) is 0 Å². The number of anilines is 1. The molecule has 0 radical (unpaired) electrons. The van der Waals surface area contributed by atoms with E-state index < -0.39 is 10.0 Å². The standard InChI is InChI=1S/C17H28FN5O2S/c1-3-19-17(20-9-10-21-26(24,25)4-2)23-13-11-22(12-14-23)16-7-5-15(18)6-8-16/h5-8,21H,3-4,9-14H2,1-2H3,(H,19,20). The molecule has 0 atom stereocenters. The predicted molar refractivity (Wildman–Crippen MR) is 104 cm³/mol. The van der Waals surface area contributed by atoms with Crippen molar-refractivity contribution < 1.29 is 12.8 Å². The van der Waals surface area contributed by atoms with Gasteiger partial charge in [0.1, 0.15) is 5.82 Å². The zero-order valence-corrected chi connectivity index (χ0v) is 16.2. The number of guanidine groups is 1. The lowest BCUT2D eigenvalue weighted by Crippen LogP contribution is -2.52. The average Bonchev–Trinajstić information content (AvgIpc) is 2.65. The molecule has 146 valence electrons. The van der Waals surface area contributed by atoms with Gasteiger partial charge in [0.25, 0.3) is 0 Å². The fourth-order valence-corrected chi connectivity index (χ4v) is 3.33. The highest BCUT2D eigenvalue weighted by molar-refractivity contribution is 7.89. The van der Waals surface area contributed by atoms with E-state index in [9.17, 15) is 12.8 Å². The third-order valence-electron chi connectivity index (χ3n) is 4.18. The van der Waals surface area contributed by atoms with Gasteiger partial charge in [0.15, 0.2) is 5.96 Å². The van der Waals surface area contributed by atoms with Gasteiger partial charge in [0.05, 0.1) is 12.3 Å². The highest BCUT2D eigenvalue weighted by atomic mass is 32.2. The summed E-state index contributed by atoms with van der Waals surface area (Å²) in [6, 6.07) is 6.55. The molecule has 0 amide bonds. The second-order valence-electron chi connectivity index (χ2n) is 5.98. The Morgan fingerprint density at radius 1 is 1.15 bits per heavy atom. The summed E-state index contributed by atoms with van der Waals surface area (Å²) in [6.45, 7) is 8.27. The van der Waals surface area contributed by atoms with Crippen LogP contribution >= 0.6 is 0 Å². The minimum absolute atomic E-state index is 0.0716. The lowest BCUT2D eigenvalue weighted by atomic mass is 10.2. The number of hydrogen-bond donors (Lipinski definition) is 2. The van der Waals surface area contributed by atoms with Crippen LogP contribution in [0.3, 0.4) is 0 Å². The van der Waals surface area contributed by atoms with Gasteiger partial charge in [0, 0.05) is 45.0 Å². The first-order valence-electron chi connectivity index (χ1n) is 8.96. The summed E-state index contributed by atoms with van der Waals surface area (Å²) < 4.78 is 38.5. The normalized spacial score (nSPS) is 16.0. The van der Waals surface area contributed by atoms with Crippen molar-refractivity contribution >= 4 is 21.7 Å². The minimum atomic E-state index is -3.18. The van der Waals surface area contributed by atoms with Crippen LogP contribution in [0.15, 0.2) is 29.3 Å². The number of benzene rings is 1. The predicted octanol–water partition coefficient (Wildman–Crippen LogP) is 0.853. The van der Waals surface area contributed by atoms with Crippen molar-refractivity contribution in [3.8, 4) is 0 Å². The molecule has 1 heterocycles. The molecule has 1 aromatic rings. The maximum absolute atomic E-state index is 13.1. The molecule has 7 nitrogen and oxygen atoms in total. The fourth-order valence-electron chi connectivity index (χ4n) is 2.72. The summed E-state index contributed by atoms with van der Waals surface area (Å²) in [7, 11) is -3.18. The van der Waals surface area contributed by atoms with Crippen LogP contribution < -0.4 is 14.9 Å². The van der Waals surface area contributed by atoms with Crippen LogP contribution in [0.4, 0.5) is 10.1 Å². The molecule has 0 aromatic heterocycles. The first kappa shape index (κ1) is 20.4. The fraction of sp³-hybridized carbons (Fsp3) is 0.588. The number of halogens is 1. The Balaban J connectivity index is 1.88. The SMILES string of the molecule is CCNC(=NCCNS(=O)(=O)CC)N1CCN(c2ccc(F)cc2)CC1. The summed E-state index contributed by atoms with van der Waals surface area (Å²) in [6.07, 6.45) is 0. The summed E-state index contributed by atoms with van der Waals surface area (Å²) in [5, 5.41) is 3.26. The molecule has 1 aromatic carbocycles. The van der Waals surface area contributed by atoms with Crippen molar-refractivity contribution in [3.63, 3.8) is 0 Å². The topological polar surface area (TPSA) is 77.0 Å². The van der Waals surface area contributed by atoms with E-state index in [4.69, 9.17) is 0 Å².